The molecule has 0 spiro atoms. The number of aromatic nitrogens is 1. The third-order valence-electron chi connectivity index (χ3n) is 2.18. The SMILES string of the molecule is CCOC(=O)c1[nH]c(C)c(/C=N\N)c1C. The average Bonchev–Trinajstić information content (AvgIpc) is 2.47. The molecule has 0 aliphatic rings. The Morgan fingerprint density at radius 2 is 2.27 bits per heavy atom. The van der Waals surface area contributed by atoms with Crippen molar-refractivity contribution in [1.82, 2.24) is 4.98 Å². The predicted molar refractivity (Wildman–Crippen MR) is 58.0 cm³/mol. The lowest BCUT2D eigenvalue weighted by atomic mass is 10.1. The second kappa shape index (κ2) is 4.63. The van der Waals surface area contributed by atoms with Crippen molar-refractivity contribution < 1.29 is 9.53 Å². The molecule has 1 aromatic rings. The van der Waals surface area contributed by atoms with Crippen LogP contribution in [0, 0.1) is 13.8 Å². The van der Waals surface area contributed by atoms with Gasteiger partial charge < -0.3 is 15.6 Å². The van der Waals surface area contributed by atoms with Crippen LogP contribution in [0.2, 0.25) is 0 Å². The van der Waals surface area contributed by atoms with Crippen molar-refractivity contribution in [2.24, 2.45) is 10.9 Å². The molecule has 0 bridgehead atoms. The fraction of sp³-hybridized carbons (Fsp3) is 0.400. The van der Waals surface area contributed by atoms with Gasteiger partial charge in [0.15, 0.2) is 0 Å². The van der Waals surface area contributed by atoms with E-state index in [0.717, 1.165) is 16.8 Å². The predicted octanol–water partition coefficient (Wildman–Crippen LogP) is 1.10. The van der Waals surface area contributed by atoms with Gasteiger partial charge in [0.1, 0.15) is 5.69 Å². The number of hydrogen-bond donors (Lipinski definition) is 2. The largest absolute Gasteiger partial charge is 0.461 e. The number of H-pyrrole nitrogens is 1. The van der Waals surface area contributed by atoms with E-state index in [4.69, 9.17) is 10.6 Å². The Morgan fingerprint density at radius 1 is 1.60 bits per heavy atom. The molecule has 5 nitrogen and oxygen atoms in total. The Morgan fingerprint density at radius 3 is 2.80 bits per heavy atom. The van der Waals surface area contributed by atoms with Gasteiger partial charge in [0.05, 0.1) is 12.8 Å². The third kappa shape index (κ3) is 2.18. The number of carbonyl (C=O) groups is 1. The van der Waals surface area contributed by atoms with Crippen LogP contribution in [0.1, 0.15) is 34.2 Å². The van der Waals surface area contributed by atoms with Crippen LogP contribution >= 0.6 is 0 Å². The third-order valence-corrected chi connectivity index (χ3v) is 2.18. The molecule has 0 saturated carbocycles. The van der Waals surface area contributed by atoms with E-state index >= 15 is 0 Å². The van der Waals surface area contributed by atoms with E-state index in [1.807, 2.05) is 13.8 Å². The van der Waals surface area contributed by atoms with Crippen molar-refractivity contribution in [3.05, 3.63) is 22.5 Å². The van der Waals surface area contributed by atoms with Crippen molar-refractivity contribution in [2.75, 3.05) is 6.61 Å². The van der Waals surface area contributed by atoms with Gasteiger partial charge in [-0.1, -0.05) is 0 Å². The molecule has 3 N–H and O–H groups in total. The maximum absolute atomic E-state index is 11.5. The summed E-state index contributed by atoms with van der Waals surface area (Å²) in [5, 5.41) is 3.45. The van der Waals surface area contributed by atoms with Crippen molar-refractivity contribution >= 4 is 12.2 Å². The lowest BCUT2D eigenvalue weighted by Crippen LogP contribution is -2.06. The summed E-state index contributed by atoms with van der Waals surface area (Å²) in [6, 6.07) is 0. The van der Waals surface area contributed by atoms with E-state index in [9.17, 15) is 4.79 Å². The molecule has 0 radical (unpaired) electrons. The lowest BCUT2D eigenvalue weighted by molar-refractivity contribution is 0.0519. The highest BCUT2D eigenvalue weighted by Gasteiger charge is 2.16. The average molecular weight is 209 g/mol. The molecule has 0 unspecified atom stereocenters. The Balaban J connectivity index is 3.11. The molecule has 0 saturated heterocycles. The molecule has 1 heterocycles. The van der Waals surface area contributed by atoms with Crippen LogP contribution in [0.5, 0.6) is 0 Å². The number of aromatic amines is 1. The van der Waals surface area contributed by atoms with Crippen molar-refractivity contribution in [1.29, 1.82) is 0 Å². The van der Waals surface area contributed by atoms with Crippen LogP contribution in [0.15, 0.2) is 5.10 Å². The van der Waals surface area contributed by atoms with E-state index < -0.39 is 0 Å². The summed E-state index contributed by atoms with van der Waals surface area (Å²) in [7, 11) is 0. The Bertz CT molecular complexity index is 394. The van der Waals surface area contributed by atoms with Crippen LogP contribution in [0.4, 0.5) is 0 Å². The lowest BCUT2D eigenvalue weighted by Gasteiger charge is -1.99. The van der Waals surface area contributed by atoms with E-state index in [-0.39, 0.29) is 5.97 Å². The minimum atomic E-state index is -0.352. The Hall–Kier alpha value is -1.78. The van der Waals surface area contributed by atoms with Crippen LogP contribution in [0.25, 0.3) is 0 Å². The monoisotopic (exact) mass is 209 g/mol. The molecule has 1 rings (SSSR count). The molecule has 0 aliphatic heterocycles. The highest BCUT2D eigenvalue weighted by Crippen LogP contribution is 2.16. The summed E-state index contributed by atoms with van der Waals surface area (Å²) in [5.41, 5.74) is 2.95. The van der Waals surface area contributed by atoms with E-state index in [1.54, 1.807) is 6.92 Å². The van der Waals surface area contributed by atoms with Gasteiger partial charge in [-0.2, -0.15) is 5.10 Å². The van der Waals surface area contributed by atoms with Crippen molar-refractivity contribution in [2.45, 2.75) is 20.8 Å². The second-order valence-electron chi connectivity index (χ2n) is 3.16. The summed E-state index contributed by atoms with van der Waals surface area (Å²) in [4.78, 5) is 14.5. The number of rotatable bonds is 3. The fourth-order valence-electron chi connectivity index (χ4n) is 1.44. The normalized spacial score (nSPS) is 10.9. The van der Waals surface area contributed by atoms with Crippen molar-refractivity contribution in [3.63, 3.8) is 0 Å². The molecule has 0 atom stereocenters. The molecule has 0 amide bonds. The minimum Gasteiger partial charge on any atom is -0.461 e. The van der Waals surface area contributed by atoms with Gasteiger partial charge in [-0.3, -0.25) is 0 Å². The van der Waals surface area contributed by atoms with Gasteiger partial charge in [0.25, 0.3) is 0 Å². The first kappa shape index (κ1) is 11.3. The number of nitrogens with one attached hydrogen (secondary N) is 1. The summed E-state index contributed by atoms with van der Waals surface area (Å²) in [6.45, 7) is 5.81. The Labute approximate surface area is 88.3 Å². The maximum atomic E-state index is 11.5. The van der Waals surface area contributed by atoms with E-state index in [2.05, 4.69) is 10.1 Å². The first-order chi connectivity index (χ1) is 7.11. The van der Waals surface area contributed by atoms with Gasteiger partial charge in [-0.15, -0.1) is 0 Å². The molecular formula is C10H15N3O2. The standard InChI is InChI=1S/C10H15N3O2/c1-4-15-10(14)9-6(2)8(5-12-11)7(3)13-9/h5,13H,4,11H2,1-3H3/b12-5-. The number of aryl methyl sites for hydroxylation is 1. The molecule has 0 aromatic carbocycles. The summed E-state index contributed by atoms with van der Waals surface area (Å²) in [6.07, 6.45) is 1.52. The summed E-state index contributed by atoms with van der Waals surface area (Å²) in [5.74, 6) is 4.73. The maximum Gasteiger partial charge on any atom is 0.355 e. The number of nitrogens with zero attached hydrogens (tertiary/aromatic N) is 1. The van der Waals surface area contributed by atoms with Crippen LogP contribution < -0.4 is 5.84 Å². The summed E-state index contributed by atoms with van der Waals surface area (Å²) < 4.78 is 4.91. The zero-order valence-electron chi connectivity index (χ0n) is 9.13. The fourth-order valence-corrected chi connectivity index (χ4v) is 1.44. The number of ether oxygens (including phenoxy) is 1. The second-order valence-corrected chi connectivity index (χ2v) is 3.16. The molecule has 0 aliphatic carbocycles. The van der Waals surface area contributed by atoms with E-state index in [1.165, 1.54) is 6.21 Å². The van der Waals surface area contributed by atoms with Gasteiger partial charge in [-0.25, -0.2) is 4.79 Å². The smallest absolute Gasteiger partial charge is 0.355 e. The highest BCUT2D eigenvalue weighted by molar-refractivity contribution is 5.94. The van der Waals surface area contributed by atoms with Gasteiger partial charge in [0.2, 0.25) is 0 Å². The number of esters is 1. The molecule has 15 heavy (non-hydrogen) atoms. The first-order valence-corrected chi connectivity index (χ1v) is 4.71. The zero-order valence-corrected chi connectivity index (χ0v) is 9.13. The number of hydrazone groups is 1. The highest BCUT2D eigenvalue weighted by atomic mass is 16.5. The minimum absolute atomic E-state index is 0.352. The first-order valence-electron chi connectivity index (χ1n) is 4.71. The zero-order chi connectivity index (χ0) is 11.4. The van der Waals surface area contributed by atoms with Crippen molar-refractivity contribution in [3.8, 4) is 0 Å². The number of carbonyl (C=O) groups excluding carboxylic acids is 1. The topological polar surface area (TPSA) is 80.5 Å². The van der Waals surface area contributed by atoms with E-state index in [0.29, 0.717) is 12.3 Å². The molecule has 1 aromatic heterocycles. The van der Waals surface area contributed by atoms with Gasteiger partial charge in [0, 0.05) is 11.3 Å². The van der Waals surface area contributed by atoms with Crippen LogP contribution in [-0.2, 0) is 4.74 Å². The Kier molecular flexibility index (Phi) is 3.49. The quantitative estimate of drug-likeness (QED) is 0.338. The number of nitrogens with two attached hydrogens (primary N) is 1. The van der Waals surface area contributed by atoms with Crippen LogP contribution in [0.3, 0.4) is 0 Å². The van der Waals surface area contributed by atoms with Gasteiger partial charge in [-0.05, 0) is 26.3 Å². The molecule has 0 fully saturated rings. The number of hydrogen-bond acceptors (Lipinski definition) is 4. The van der Waals surface area contributed by atoms with Gasteiger partial charge >= 0.3 is 5.97 Å². The van der Waals surface area contributed by atoms with Crippen LogP contribution in [-0.4, -0.2) is 23.8 Å². The molecular weight excluding hydrogens is 194 g/mol. The molecule has 5 heteroatoms. The summed E-state index contributed by atoms with van der Waals surface area (Å²) >= 11 is 0. The molecule has 82 valence electrons.